The third-order valence-corrected chi connectivity index (χ3v) is 4.19. The number of nitrogens with zero attached hydrogens (tertiary/aromatic N) is 3. The zero-order chi connectivity index (χ0) is 19.9. The number of hydrogen-bond acceptors (Lipinski definition) is 4. The van der Waals surface area contributed by atoms with Crippen molar-refractivity contribution >= 4 is 17.6 Å². The number of amides is 3. The predicted molar refractivity (Wildman–Crippen MR) is 106 cm³/mol. The molecule has 0 unspecified atom stereocenters. The molecule has 0 fully saturated rings. The number of aromatic nitrogens is 3. The maximum Gasteiger partial charge on any atom is 0.315 e. The summed E-state index contributed by atoms with van der Waals surface area (Å²) in [5.41, 5.74) is 3.61. The maximum absolute atomic E-state index is 12.1. The highest BCUT2D eigenvalue weighted by molar-refractivity contribution is 5.95. The Kier molecular flexibility index (Phi) is 6.01. The molecule has 28 heavy (non-hydrogen) atoms. The molecule has 0 aliphatic carbocycles. The van der Waals surface area contributed by atoms with Gasteiger partial charge in [-0.1, -0.05) is 18.2 Å². The number of hydrogen-bond donors (Lipinski definition) is 3. The van der Waals surface area contributed by atoms with Crippen LogP contribution in [-0.4, -0.2) is 33.0 Å². The minimum absolute atomic E-state index is 0.115. The van der Waals surface area contributed by atoms with Crippen molar-refractivity contribution in [3.05, 3.63) is 71.9 Å². The molecule has 0 bridgehead atoms. The van der Waals surface area contributed by atoms with Crippen LogP contribution in [0.15, 0.2) is 55.2 Å². The van der Waals surface area contributed by atoms with Crippen LogP contribution in [0.4, 0.5) is 10.5 Å². The smallest absolute Gasteiger partial charge is 0.315 e. The highest BCUT2D eigenvalue weighted by Gasteiger charge is 2.09. The van der Waals surface area contributed by atoms with E-state index in [9.17, 15) is 9.59 Å². The summed E-state index contributed by atoms with van der Waals surface area (Å²) in [6.45, 7) is 4.05. The molecule has 144 valence electrons. The van der Waals surface area contributed by atoms with Gasteiger partial charge in [0.1, 0.15) is 12.1 Å². The summed E-state index contributed by atoms with van der Waals surface area (Å²) in [7, 11) is 0. The van der Waals surface area contributed by atoms with Crippen LogP contribution < -0.4 is 16.0 Å². The minimum Gasteiger partial charge on any atom is -0.334 e. The molecule has 3 amide bonds. The SMILES string of the molecule is Cc1cccc(C)c1NC(=O)CNC(=O)NCc1ccnc(-n2ccnc2)c1. The Labute approximate surface area is 163 Å². The van der Waals surface area contributed by atoms with Crippen LogP contribution in [0.25, 0.3) is 5.82 Å². The average Bonchev–Trinajstić information content (AvgIpc) is 3.23. The number of nitrogens with one attached hydrogen (secondary N) is 3. The molecular formula is C20H22N6O2. The molecule has 0 radical (unpaired) electrons. The fraction of sp³-hybridized carbons (Fsp3) is 0.200. The van der Waals surface area contributed by atoms with Crippen molar-refractivity contribution in [2.24, 2.45) is 0 Å². The molecule has 0 saturated heterocycles. The van der Waals surface area contributed by atoms with E-state index >= 15 is 0 Å². The van der Waals surface area contributed by atoms with Crippen LogP contribution in [0.1, 0.15) is 16.7 Å². The molecule has 2 aromatic heterocycles. The summed E-state index contributed by atoms with van der Waals surface area (Å²) in [5, 5.41) is 8.12. The van der Waals surface area contributed by atoms with Crippen molar-refractivity contribution in [2.45, 2.75) is 20.4 Å². The second kappa shape index (κ2) is 8.81. The highest BCUT2D eigenvalue weighted by Crippen LogP contribution is 2.18. The Bertz CT molecular complexity index is 948. The molecule has 3 N–H and O–H groups in total. The fourth-order valence-electron chi connectivity index (χ4n) is 2.71. The molecule has 2 heterocycles. The Hall–Kier alpha value is -3.68. The number of benzene rings is 1. The van der Waals surface area contributed by atoms with Crippen LogP contribution in [0.5, 0.6) is 0 Å². The van der Waals surface area contributed by atoms with E-state index in [0.29, 0.717) is 12.4 Å². The molecule has 0 saturated carbocycles. The van der Waals surface area contributed by atoms with E-state index < -0.39 is 6.03 Å². The van der Waals surface area contributed by atoms with Gasteiger partial charge in [0.15, 0.2) is 0 Å². The number of carbonyl (C=O) groups is 2. The molecule has 1 aromatic carbocycles. The lowest BCUT2D eigenvalue weighted by molar-refractivity contribution is -0.115. The molecule has 0 spiro atoms. The molecule has 0 aliphatic heterocycles. The number of carbonyl (C=O) groups excluding carboxylic acids is 2. The zero-order valence-corrected chi connectivity index (χ0v) is 15.8. The first kappa shape index (κ1) is 19.1. The maximum atomic E-state index is 12.1. The minimum atomic E-state index is -0.419. The third-order valence-electron chi connectivity index (χ3n) is 4.19. The van der Waals surface area contributed by atoms with Crippen LogP contribution >= 0.6 is 0 Å². The summed E-state index contributed by atoms with van der Waals surface area (Å²) in [4.78, 5) is 32.3. The topological polar surface area (TPSA) is 101 Å². The second-order valence-corrected chi connectivity index (χ2v) is 6.34. The van der Waals surface area contributed by atoms with Crippen molar-refractivity contribution in [2.75, 3.05) is 11.9 Å². The number of para-hydroxylation sites is 1. The van der Waals surface area contributed by atoms with Crippen molar-refractivity contribution in [3.8, 4) is 5.82 Å². The molecule has 8 nitrogen and oxygen atoms in total. The first-order valence-corrected chi connectivity index (χ1v) is 8.84. The second-order valence-electron chi connectivity index (χ2n) is 6.34. The number of anilines is 1. The van der Waals surface area contributed by atoms with Crippen molar-refractivity contribution in [1.82, 2.24) is 25.2 Å². The van der Waals surface area contributed by atoms with Gasteiger partial charge in [0, 0.05) is 30.8 Å². The lowest BCUT2D eigenvalue weighted by atomic mass is 10.1. The normalized spacial score (nSPS) is 10.4. The van der Waals surface area contributed by atoms with E-state index in [2.05, 4.69) is 25.9 Å². The summed E-state index contributed by atoms with van der Waals surface area (Å²) in [6, 6.07) is 9.04. The number of rotatable bonds is 6. The van der Waals surface area contributed by atoms with Crippen LogP contribution in [0, 0.1) is 13.8 Å². The number of imidazole rings is 1. The monoisotopic (exact) mass is 378 g/mol. The van der Waals surface area contributed by atoms with Gasteiger partial charge in [-0.05, 0) is 42.7 Å². The summed E-state index contributed by atoms with van der Waals surface area (Å²) < 4.78 is 1.78. The van der Waals surface area contributed by atoms with E-state index in [1.165, 1.54) is 0 Å². The van der Waals surface area contributed by atoms with Gasteiger partial charge in [-0.3, -0.25) is 9.36 Å². The Morgan fingerprint density at radius 2 is 1.86 bits per heavy atom. The number of urea groups is 1. The lowest BCUT2D eigenvalue weighted by Gasteiger charge is -2.12. The van der Waals surface area contributed by atoms with E-state index in [1.54, 1.807) is 29.5 Å². The molecular weight excluding hydrogens is 356 g/mol. The zero-order valence-electron chi connectivity index (χ0n) is 15.8. The highest BCUT2D eigenvalue weighted by atomic mass is 16.2. The number of pyridine rings is 1. The molecule has 0 atom stereocenters. The summed E-state index contributed by atoms with van der Waals surface area (Å²) in [6.07, 6.45) is 6.79. The van der Waals surface area contributed by atoms with E-state index in [1.807, 2.05) is 44.2 Å². The van der Waals surface area contributed by atoms with Crippen LogP contribution in [0.2, 0.25) is 0 Å². The van der Waals surface area contributed by atoms with Gasteiger partial charge in [-0.2, -0.15) is 0 Å². The van der Waals surface area contributed by atoms with Gasteiger partial charge in [-0.15, -0.1) is 0 Å². The Balaban J connectivity index is 1.47. The van der Waals surface area contributed by atoms with Gasteiger partial charge in [0.2, 0.25) is 5.91 Å². The summed E-state index contributed by atoms with van der Waals surface area (Å²) in [5.74, 6) is 0.434. The quantitative estimate of drug-likeness (QED) is 0.613. The molecule has 8 heteroatoms. The van der Waals surface area contributed by atoms with Gasteiger partial charge < -0.3 is 16.0 Å². The fourth-order valence-corrected chi connectivity index (χ4v) is 2.71. The van der Waals surface area contributed by atoms with Gasteiger partial charge in [-0.25, -0.2) is 14.8 Å². The number of aryl methyl sites for hydroxylation is 2. The Morgan fingerprint density at radius 1 is 1.07 bits per heavy atom. The van der Waals surface area contributed by atoms with E-state index in [0.717, 1.165) is 22.4 Å². The largest absolute Gasteiger partial charge is 0.334 e. The summed E-state index contributed by atoms with van der Waals surface area (Å²) >= 11 is 0. The van der Waals surface area contributed by atoms with Crippen molar-refractivity contribution in [3.63, 3.8) is 0 Å². The van der Waals surface area contributed by atoms with Crippen molar-refractivity contribution in [1.29, 1.82) is 0 Å². The van der Waals surface area contributed by atoms with Crippen molar-refractivity contribution < 1.29 is 9.59 Å². The first-order chi connectivity index (χ1) is 13.5. The third kappa shape index (κ3) is 4.94. The molecule has 3 aromatic rings. The van der Waals surface area contributed by atoms with Gasteiger partial charge in [0.25, 0.3) is 0 Å². The first-order valence-electron chi connectivity index (χ1n) is 8.84. The van der Waals surface area contributed by atoms with E-state index in [4.69, 9.17) is 0 Å². The van der Waals surface area contributed by atoms with Crippen LogP contribution in [0.3, 0.4) is 0 Å². The standard InChI is InChI=1S/C20H22N6O2/c1-14-4-3-5-15(2)19(14)25-18(27)12-24-20(28)23-11-16-6-7-22-17(10-16)26-9-8-21-13-26/h3-10,13H,11-12H2,1-2H3,(H,25,27)(H2,23,24,28). The Morgan fingerprint density at radius 3 is 2.57 bits per heavy atom. The van der Waals surface area contributed by atoms with Gasteiger partial charge >= 0.3 is 6.03 Å². The van der Waals surface area contributed by atoms with Crippen LogP contribution in [-0.2, 0) is 11.3 Å². The average molecular weight is 378 g/mol. The molecule has 0 aliphatic rings. The predicted octanol–water partition coefficient (Wildman–Crippen LogP) is 2.32. The molecule has 3 rings (SSSR count). The van der Waals surface area contributed by atoms with Gasteiger partial charge in [0.05, 0.1) is 6.54 Å². The lowest BCUT2D eigenvalue weighted by Crippen LogP contribution is -2.39. The van der Waals surface area contributed by atoms with E-state index in [-0.39, 0.29) is 12.5 Å².